The largest absolute Gasteiger partial charge is 0.496 e. The van der Waals surface area contributed by atoms with E-state index in [1.54, 1.807) is 12.1 Å². The summed E-state index contributed by atoms with van der Waals surface area (Å²) in [6.07, 6.45) is 0. The van der Waals surface area contributed by atoms with Gasteiger partial charge in [-0.3, -0.25) is 4.79 Å². The lowest BCUT2D eigenvalue weighted by Crippen LogP contribution is -2.13. The normalized spacial score (nSPS) is 9.59. The van der Waals surface area contributed by atoms with Crippen LogP contribution in [0, 0.1) is 0 Å². The fourth-order valence-corrected chi connectivity index (χ4v) is 1.33. The first-order valence-corrected chi connectivity index (χ1v) is 5.42. The molecule has 0 radical (unpaired) electrons. The zero-order valence-corrected chi connectivity index (χ0v) is 10.4. The molecule has 1 amide bonds. The van der Waals surface area contributed by atoms with Gasteiger partial charge in [-0.05, 0) is 18.2 Å². The lowest BCUT2D eigenvalue weighted by molar-refractivity contribution is -0.113. The molecule has 0 aliphatic rings. The minimum Gasteiger partial charge on any atom is -0.496 e. The van der Waals surface area contributed by atoms with Gasteiger partial charge in [0, 0.05) is 5.69 Å². The minimum absolute atomic E-state index is 0.0690. The van der Waals surface area contributed by atoms with Crippen LogP contribution in [0.1, 0.15) is 10.4 Å². The summed E-state index contributed by atoms with van der Waals surface area (Å²) in [4.78, 5) is 22.6. The Bertz CT molecular complexity index is 433. The Kier molecular flexibility index (Phi) is 4.84. The second kappa shape index (κ2) is 6.15. The maximum absolute atomic E-state index is 11.5. The SMILES string of the molecule is COC(=O)c1cc(NC(=O)CS)ccc1OC. The summed E-state index contributed by atoms with van der Waals surface area (Å²) >= 11 is 3.84. The van der Waals surface area contributed by atoms with Crippen molar-refractivity contribution >= 4 is 30.2 Å². The van der Waals surface area contributed by atoms with Crippen LogP contribution in [0.15, 0.2) is 18.2 Å². The number of nitrogens with one attached hydrogen (secondary N) is 1. The molecule has 17 heavy (non-hydrogen) atoms. The zero-order valence-electron chi connectivity index (χ0n) is 9.52. The number of carbonyl (C=O) groups is 2. The van der Waals surface area contributed by atoms with E-state index in [0.29, 0.717) is 11.4 Å². The second-order valence-electron chi connectivity index (χ2n) is 3.11. The quantitative estimate of drug-likeness (QED) is 0.629. The summed E-state index contributed by atoms with van der Waals surface area (Å²) in [5.41, 5.74) is 0.747. The van der Waals surface area contributed by atoms with E-state index in [2.05, 4.69) is 22.7 Å². The third-order valence-electron chi connectivity index (χ3n) is 2.03. The molecule has 0 atom stereocenters. The molecule has 0 heterocycles. The van der Waals surface area contributed by atoms with Gasteiger partial charge in [0.1, 0.15) is 11.3 Å². The minimum atomic E-state index is -0.524. The fraction of sp³-hybridized carbons (Fsp3) is 0.273. The second-order valence-corrected chi connectivity index (χ2v) is 3.43. The van der Waals surface area contributed by atoms with E-state index in [0.717, 1.165) is 0 Å². The number of rotatable bonds is 4. The third kappa shape index (κ3) is 3.39. The van der Waals surface area contributed by atoms with Crippen LogP contribution in [0.3, 0.4) is 0 Å². The van der Waals surface area contributed by atoms with Gasteiger partial charge in [0.05, 0.1) is 20.0 Å². The number of methoxy groups -OCH3 is 2. The monoisotopic (exact) mass is 255 g/mol. The summed E-state index contributed by atoms with van der Waals surface area (Å²) in [6.45, 7) is 0. The Morgan fingerprint density at radius 2 is 2.06 bits per heavy atom. The smallest absolute Gasteiger partial charge is 0.341 e. The molecule has 92 valence electrons. The van der Waals surface area contributed by atoms with Gasteiger partial charge in [0.2, 0.25) is 5.91 Å². The van der Waals surface area contributed by atoms with Crippen molar-refractivity contribution < 1.29 is 19.1 Å². The Morgan fingerprint density at radius 3 is 2.59 bits per heavy atom. The topological polar surface area (TPSA) is 64.6 Å². The van der Waals surface area contributed by atoms with E-state index in [1.807, 2.05) is 0 Å². The summed E-state index contributed by atoms with van der Waals surface area (Å²) in [6, 6.07) is 4.71. The number of amides is 1. The van der Waals surface area contributed by atoms with Crippen LogP contribution in [-0.4, -0.2) is 31.8 Å². The van der Waals surface area contributed by atoms with Crippen LogP contribution in [0.4, 0.5) is 5.69 Å². The Morgan fingerprint density at radius 1 is 1.35 bits per heavy atom. The molecule has 0 saturated heterocycles. The maximum atomic E-state index is 11.5. The van der Waals surface area contributed by atoms with Crippen LogP contribution < -0.4 is 10.1 Å². The van der Waals surface area contributed by atoms with Gasteiger partial charge in [-0.25, -0.2) is 4.79 Å². The third-order valence-corrected chi connectivity index (χ3v) is 2.32. The molecule has 0 saturated carbocycles. The van der Waals surface area contributed by atoms with Gasteiger partial charge in [0.15, 0.2) is 0 Å². The average Bonchev–Trinajstić information content (AvgIpc) is 2.37. The summed E-state index contributed by atoms with van der Waals surface area (Å²) in [7, 11) is 2.73. The summed E-state index contributed by atoms with van der Waals surface area (Å²) in [5.74, 6) is -0.321. The first kappa shape index (κ1) is 13.4. The molecule has 1 rings (SSSR count). The van der Waals surface area contributed by atoms with Crippen LogP contribution >= 0.6 is 12.6 Å². The Labute approximate surface area is 105 Å². The molecule has 0 aliphatic heterocycles. The lowest BCUT2D eigenvalue weighted by atomic mass is 10.1. The van der Waals surface area contributed by atoms with E-state index in [1.165, 1.54) is 20.3 Å². The van der Waals surface area contributed by atoms with Crippen LogP contribution in [0.2, 0.25) is 0 Å². The molecule has 0 unspecified atom stereocenters. The van der Waals surface area contributed by atoms with Crippen molar-refractivity contribution in [1.29, 1.82) is 0 Å². The Hall–Kier alpha value is -1.69. The number of anilines is 1. The van der Waals surface area contributed by atoms with Gasteiger partial charge in [-0.1, -0.05) is 0 Å². The van der Waals surface area contributed by atoms with E-state index in [9.17, 15) is 9.59 Å². The van der Waals surface area contributed by atoms with Crippen LogP contribution in [0.5, 0.6) is 5.75 Å². The number of hydrogen-bond donors (Lipinski definition) is 2. The molecular formula is C11H13NO4S. The predicted octanol–water partition coefficient (Wildman–Crippen LogP) is 1.35. The highest BCUT2D eigenvalue weighted by atomic mass is 32.1. The van der Waals surface area contributed by atoms with Crippen LogP contribution in [0.25, 0.3) is 0 Å². The number of ether oxygens (including phenoxy) is 2. The molecule has 0 bridgehead atoms. The number of benzene rings is 1. The zero-order chi connectivity index (χ0) is 12.8. The molecule has 1 aromatic rings. The molecule has 0 spiro atoms. The first-order valence-electron chi connectivity index (χ1n) is 4.79. The van der Waals surface area contributed by atoms with Gasteiger partial charge >= 0.3 is 5.97 Å². The highest BCUT2D eigenvalue weighted by Gasteiger charge is 2.13. The Balaban J connectivity index is 3.04. The predicted molar refractivity (Wildman–Crippen MR) is 66.8 cm³/mol. The van der Waals surface area contributed by atoms with Crippen LogP contribution in [-0.2, 0) is 9.53 Å². The molecule has 0 fully saturated rings. The number of hydrogen-bond acceptors (Lipinski definition) is 5. The van der Waals surface area contributed by atoms with Gasteiger partial charge in [-0.15, -0.1) is 0 Å². The van der Waals surface area contributed by atoms with Crippen molar-refractivity contribution in [3.8, 4) is 5.75 Å². The number of esters is 1. The molecule has 0 aliphatic carbocycles. The highest BCUT2D eigenvalue weighted by molar-refractivity contribution is 7.81. The maximum Gasteiger partial charge on any atom is 0.341 e. The van der Waals surface area contributed by atoms with Gasteiger partial charge in [0.25, 0.3) is 0 Å². The highest BCUT2D eigenvalue weighted by Crippen LogP contribution is 2.23. The van der Waals surface area contributed by atoms with Gasteiger partial charge < -0.3 is 14.8 Å². The van der Waals surface area contributed by atoms with Crippen molar-refractivity contribution in [2.45, 2.75) is 0 Å². The van der Waals surface area contributed by atoms with Crippen molar-refractivity contribution in [1.82, 2.24) is 0 Å². The molecule has 0 aromatic heterocycles. The van der Waals surface area contributed by atoms with Gasteiger partial charge in [-0.2, -0.15) is 12.6 Å². The molecule has 1 N–H and O–H groups in total. The first-order chi connectivity index (χ1) is 8.12. The van der Waals surface area contributed by atoms with Crippen molar-refractivity contribution in [2.75, 3.05) is 25.3 Å². The standard InChI is InChI=1S/C11H13NO4S/c1-15-9-4-3-7(12-10(13)6-17)5-8(9)11(14)16-2/h3-5,17H,6H2,1-2H3,(H,12,13). The van der Waals surface area contributed by atoms with Crippen molar-refractivity contribution in [3.63, 3.8) is 0 Å². The molecule has 1 aromatic carbocycles. The van der Waals surface area contributed by atoms with Crippen molar-refractivity contribution in [3.05, 3.63) is 23.8 Å². The average molecular weight is 255 g/mol. The molecule has 6 heteroatoms. The van der Waals surface area contributed by atoms with E-state index >= 15 is 0 Å². The fourth-order valence-electron chi connectivity index (χ4n) is 1.26. The summed E-state index contributed by atoms with van der Waals surface area (Å²) in [5, 5.41) is 2.58. The van der Waals surface area contributed by atoms with Crippen molar-refractivity contribution in [2.24, 2.45) is 0 Å². The van der Waals surface area contributed by atoms with E-state index < -0.39 is 5.97 Å². The number of carbonyl (C=O) groups excluding carboxylic acids is 2. The summed E-state index contributed by atoms with van der Waals surface area (Å²) < 4.78 is 9.64. The van der Waals surface area contributed by atoms with E-state index in [-0.39, 0.29) is 17.2 Å². The van der Waals surface area contributed by atoms with E-state index in [4.69, 9.17) is 4.74 Å². The number of thiol groups is 1. The molecule has 5 nitrogen and oxygen atoms in total. The lowest BCUT2D eigenvalue weighted by Gasteiger charge is -2.09. The molecular weight excluding hydrogens is 242 g/mol.